The van der Waals surface area contributed by atoms with Gasteiger partial charge in [0.05, 0.1) is 25.1 Å². The summed E-state index contributed by atoms with van der Waals surface area (Å²) in [4.78, 5) is 15.8. The molecule has 3 rings (SSSR count). The fourth-order valence-electron chi connectivity index (χ4n) is 2.20. The molecule has 0 spiro atoms. The quantitative estimate of drug-likeness (QED) is 0.684. The number of nitrogens with zero attached hydrogens (tertiary/aromatic N) is 1. The van der Waals surface area contributed by atoms with Gasteiger partial charge in [0, 0.05) is 24.4 Å². The summed E-state index contributed by atoms with van der Waals surface area (Å²) in [5, 5.41) is 1.53. The minimum atomic E-state index is -0.147. The van der Waals surface area contributed by atoms with Crippen molar-refractivity contribution < 1.29 is 18.7 Å². The van der Waals surface area contributed by atoms with E-state index in [-0.39, 0.29) is 11.5 Å². The summed E-state index contributed by atoms with van der Waals surface area (Å²) in [6.07, 6.45) is 0. The number of hydrogen-bond donors (Lipinski definition) is 0. The molecule has 5 heteroatoms. The van der Waals surface area contributed by atoms with Gasteiger partial charge in [-0.2, -0.15) is 0 Å². The molecular weight excluding hydrogens is 258 g/mol. The Morgan fingerprint density at radius 2 is 1.95 bits per heavy atom. The van der Waals surface area contributed by atoms with Crippen molar-refractivity contribution in [3.05, 3.63) is 30.0 Å². The number of pyridine rings is 1. The summed E-state index contributed by atoms with van der Waals surface area (Å²) >= 11 is 0. The van der Waals surface area contributed by atoms with Crippen molar-refractivity contribution in [3.8, 4) is 11.5 Å². The predicted octanol–water partition coefficient (Wildman–Crippen LogP) is 3.20. The van der Waals surface area contributed by atoms with Crippen LogP contribution in [0.25, 0.3) is 22.0 Å². The number of rotatable bonds is 3. The summed E-state index contributed by atoms with van der Waals surface area (Å²) in [6, 6.07) is 7.17. The smallest absolute Gasteiger partial charge is 0.231 e. The minimum Gasteiger partial charge on any atom is -0.497 e. The molecule has 0 aliphatic rings. The van der Waals surface area contributed by atoms with Crippen LogP contribution in [-0.4, -0.2) is 25.0 Å². The summed E-state index contributed by atoms with van der Waals surface area (Å²) in [5.74, 6) is 1.47. The number of hydrogen-bond acceptors (Lipinski definition) is 5. The van der Waals surface area contributed by atoms with Crippen molar-refractivity contribution in [2.24, 2.45) is 0 Å². The number of fused-ring (bicyclic) bond motifs is 2. The first-order valence-electron chi connectivity index (χ1n) is 6.10. The molecule has 102 valence electrons. The first-order chi connectivity index (χ1) is 9.63. The largest absolute Gasteiger partial charge is 0.497 e. The number of ether oxygens (including phenoxy) is 2. The van der Waals surface area contributed by atoms with Crippen LogP contribution in [0.4, 0.5) is 0 Å². The number of carbonyl (C=O) groups excluding carboxylic acids is 1. The topological polar surface area (TPSA) is 61.6 Å². The van der Waals surface area contributed by atoms with Crippen LogP contribution in [0, 0.1) is 0 Å². The molecule has 0 atom stereocenters. The number of aromatic nitrogens is 1. The maximum atomic E-state index is 11.4. The SMILES string of the molecule is COc1ccc2c(OC)c3cc(C(C)=O)oc3nc2c1. The van der Waals surface area contributed by atoms with Crippen LogP contribution in [-0.2, 0) is 0 Å². The third-order valence-corrected chi connectivity index (χ3v) is 3.18. The van der Waals surface area contributed by atoms with Crippen molar-refractivity contribution in [1.29, 1.82) is 0 Å². The Balaban J connectivity index is 2.39. The monoisotopic (exact) mass is 271 g/mol. The summed E-state index contributed by atoms with van der Waals surface area (Å²) in [5.41, 5.74) is 1.07. The van der Waals surface area contributed by atoms with Crippen LogP contribution < -0.4 is 9.47 Å². The average molecular weight is 271 g/mol. The molecule has 5 nitrogen and oxygen atoms in total. The Bertz CT molecular complexity index is 819. The maximum Gasteiger partial charge on any atom is 0.231 e. The molecule has 0 N–H and O–H groups in total. The van der Waals surface area contributed by atoms with E-state index in [0.29, 0.717) is 28.1 Å². The number of furan rings is 1. The fraction of sp³-hybridized carbons (Fsp3) is 0.200. The molecule has 20 heavy (non-hydrogen) atoms. The molecule has 2 aromatic heterocycles. The van der Waals surface area contributed by atoms with Crippen molar-refractivity contribution in [2.45, 2.75) is 6.92 Å². The van der Waals surface area contributed by atoms with Crippen molar-refractivity contribution >= 4 is 27.8 Å². The van der Waals surface area contributed by atoms with Crippen molar-refractivity contribution in [3.63, 3.8) is 0 Å². The minimum absolute atomic E-state index is 0.147. The lowest BCUT2D eigenvalue weighted by molar-refractivity contribution is 0.0989. The number of carbonyl (C=O) groups is 1. The van der Waals surface area contributed by atoms with Gasteiger partial charge in [-0.15, -0.1) is 0 Å². The summed E-state index contributed by atoms with van der Waals surface area (Å²) < 4.78 is 16.1. The molecule has 1 aromatic carbocycles. The zero-order valence-corrected chi connectivity index (χ0v) is 11.4. The van der Waals surface area contributed by atoms with Gasteiger partial charge in [0.2, 0.25) is 5.71 Å². The normalized spacial score (nSPS) is 10.9. The zero-order chi connectivity index (χ0) is 14.3. The second kappa shape index (κ2) is 4.52. The van der Waals surface area contributed by atoms with Gasteiger partial charge >= 0.3 is 0 Å². The van der Waals surface area contributed by atoms with Crippen LogP contribution in [0.5, 0.6) is 11.5 Å². The number of Topliss-reactive ketones (excluding diaryl/α,β-unsaturated/α-hetero) is 1. The molecule has 0 aliphatic heterocycles. The summed E-state index contributed by atoms with van der Waals surface area (Å²) in [6.45, 7) is 1.45. The second-order valence-corrected chi connectivity index (χ2v) is 4.41. The molecule has 0 bridgehead atoms. The fourth-order valence-corrected chi connectivity index (χ4v) is 2.20. The average Bonchev–Trinajstić information content (AvgIpc) is 2.87. The predicted molar refractivity (Wildman–Crippen MR) is 74.6 cm³/mol. The van der Waals surface area contributed by atoms with Gasteiger partial charge in [-0.05, 0) is 12.1 Å². The highest BCUT2D eigenvalue weighted by Crippen LogP contribution is 2.35. The zero-order valence-electron chi connectivity index (χ0n) is 11.4. The molecule has 0 saturated carbocycles. The van der Waals surface area contributed by atoms with Crippen molar-refractivity contribution in [1.82, 2.24) is 4.98 Å². The highest BCUT2D eigenvalue weighted by molar-refractivity contribution is 6.03. The van der Waals surface area contributed by atoms with Gasteiger partial charge in [0.25, 0.3) is 0 Å². The van der Waals surface area contributed by atoms with Crippen LogP contribution in [0.1, 0.15) is 17.5 Å². The van der Waals surface area contributed by atoms with Gasteiger partial charge < -0.3 is 13.9 Å². The Hall–Kier alpha value is -2.56. The lowest BCUT2D eigenvalue weighted by Crippen LogP contribution is -1.90. The van der Waals surface area contributed by atoms with E-state index in [9.17, 15) is 4.79 Å². The van der Waals surface area contributed by atoms with E-state index in [1.807, 2.05) is 12.1 Å². The maximum absolute atomic E-state index is 11.4. The third-order valence-electron chi connectivity index (χ3n) is 3.18. The van der Waals surface area contributed by atoms with E-state index in [1.54, 1.807) is 26.4 Å². The van der Waals surface area contributed by atoms with Crippen LogP contribution in [0.15, 0.2) is 28.7 Å². The van der Waals surface area contributed by atoms with Crippen LogP contribution in [0.2, 0.25) is 0 Å². The van der Waals surface area contributed by atoms with Crippen molar-refractivity contribution in [2.75, 3.05) is 14.2 Å². The highest BCUT2D eigenvalue weighted by atomic mass is 16.5. The third kappa shape index (κ3) is 1.79. The number of methoxy groups -OCH3 is 2. The van der Waals surface area contributed by atoms with E-state index < -0.39 is 0 Å². The Kier molecular flexibility index (Phi) is 2.82. The van der Waals surface area contributed by atoms with Crippen LogP contribution in [0.3, 0.4) is 0 Å². The Labute approximate surface area is 115 Å². The van der Waals surface area contributed by atoms with Gasteiger partial charge in [-0.3, -0.25) is 4.79 Å². The first kappa shape index (κ1) is 12.5. The molecule has 2 heterocycles. The van der Waals surface area contributed by atoms with Gasteiger partial charge in [0.15, 0.2) is 11.5 Å². The molecular formula is C15H13NO4. The number of ketones is 1. The molecule has 0 radical (unpaired) electrons. The van der Waals surface area contributed by atoms with Gasteiger partial charge in [0.1, 0.15) is 11.5 Å². The van der Waals surface area contributed by atoms with Gasteiger partial charge in [-0.1, -0.05) is 0 Å². The van der Waals surface area contributed by atoms with Crippen LogP contribution >= 0.6 is 0 Å². The molecule has 0 fully saturated rings. The second-order valence-electron chi connectivity index (χ2n) is 4.41. The lowest BCUT2D eigenvalue weighted by atomic mass is 10.1. The summed E-state index contributed by atoms with van der Waals surface area (Å²) in [7, 11) is 3.18. The van der Waals surface area contributed by atoms with E-state index in [0.717, 1.165) is 5.39 Å². The molecule has 0 unspecified atom stereocenters. The molecule has 0 saturated heterocycles. The van der Waals surface area contributed by atoms with E-state index in [2.05, 4.69) is 4.98 Å². The molecule has 0 aliphatic carbocycles. The van der Waals surface area contributed by atoms with E-state index >= 15 is 0 Å². The Morgan fingerprint density at radius 3 is 2.60 bits per heavy atom. The standard InChI is InChI=1S/C15H13NO4/c1-8(17)13-7-11-14(19-3)10-5-4-9(18-2)6-12(10)16-15(11)20-13/h4-7H,1-3H3. The highest BCUT2D eigenvalue weighted by Gasteiger charge is 2.16. The molecule has 0 amide bonds. The van der Waals surface area contributed by atoms with E-state index in [4.69, 9.17) is 13.9 Å². The number of benzene rings is 1. The van der Waals surface area contributed by atoms with E-state index in [1.165, 1.54) is 6.92 Å². The lowest BCUT2D eigenvalue weighted by Gasteiger charge is -2.07. The molecule has 3 aromatic rings. The Morgan fingerprint density at radius 1 is 1.15 bits per heavy atom. The van der Waals surface area contributed by atoms with Gasteiger partial charge in [-0.25, -0.2) is 4.98 Å². The first-order valence-corrected chi connectivity index (χ1v) is 6.10.